The van der Waals surface area contributed by atoms with Crippen LogP contribution in [0.15, 0.2) is 53.4 Å². The van der Waals surface area contributed by atoms with Crippen LogP contribution in [0.2, 0.25) is 0 Å². The Labute approximate surface area is 176 Å². The molecule has 2 fully saturated rings. The molecule has 2 saturated heterocycles. The molecular formula is C22H25FN2O4S. The molecule has 0 saturated carbocycles. The summed E-state index contributed by atoms with van der Waals surface area (Å²) >= 11 is 0. The van der Waals surface area contributed by atoms with Crippen molar-refractivity contribution in [3.8, 4) is 0 Å². The lowest BCUT2D eigenvalue weighted by Crippen LogP contribution is -2.40. The molecule has 4 rings (SSSR count). The molecule has 30 heavy (non-hydrogen) atoms. The number of carbonyl (C=O) groups excluding carboxylic acids is 1. The van der Waals surface area contributed by atoms with Gasteiger partial charge in [0.15, 0.2) is 9.84 Å². The third kappa shape index (κ3) is 4.55. The van der Waals surface area contributed by atoms with Crippen LogP contribution >= 0.6 is 0 Å². The lowest BCUT2D eigenvalue weighted by atomic mass is 9.87. The van der Waals surface area contributed by atoms with E-state index in [2.05, 4.69) is 4.90 Å². The van der Waals surface area contributed by atoms with Crippen LogP contribution in [0.25, 0.3) is 0 Å². The third-order valence-electron chi connectivity index (χ3n) is 5.74. The molecule has 2 aliphatic rings. The summed E-state index contributed by atoms with van der Waals surface area (Å²) in [5.74, 6) is -0.310. The second-order valence-corrected chi connectivity index (χ2v) is 10.3. The molecule has 1 amide bonds. The minimum atomic E-state index is -3.22. The number of anilines is 1. The maximum Gasteiger partial charge on any atom is 0.227 e. The molecule has 0 aromatic heterocycles. The van der Waals surface area contributed by atoms with Gasteiger partial charge in [0.05, 0.1) is 18.1 Å². The van der Waals surface area contributed by atoms with E-state index in [0.29, 0.717) is 49.9 Å². The fourth-order valence-corrected chi connectivity index (χ4v) is 4.90. The lowest BCUT2D eigenvalue weighted by Gasteiger charge is -2.31. The summed E-state index contributed by atoms with van der Waals surface area (Å²) in [6, 6.07) is 12.9. The van der Waals surface area contributed by atoms with Crippen molar-refractivity contribution in [3.05, 3.63) is 59.9 Å². The molecule has 0 unspecified atom stereocenters. The molecule has 1 atom stereocenters. The van der Waals surface area contributed by atoms with Crippen LogP contribution in [-0.2, 0) is 25.9 Å². The molecule has 2 aliphatic heterocycles. The molecular weight excluding hydrogens is 407 g/mol. The third-order valence-corrected chi connectivity index (χ3v) is 6.86. The van der Waals surface area contributed by atoms with Crippen molar-refractivity contribution in [2.24, 2.45) is 5.41 Å². The largest absolute Gasteiger partial charge is 0.379 e. The van der Waals surface area contributed by atoms with E-state index in [0.717, 1.165) is 12.1 Å². The lowest BCUT2D eigenvalue weighted by molar-refractivity contribution is -0.118. The van der Waals surface area contributed by atoms with Crippen molar-refractivity contribution in [2.45, 2.75) is 17.9 Å². The summed E-state index contributed by atoms with van der Waals surface area (Å²) in [7, 11) is -3.22. The van der Waals surface area contributed by atoms with Crippen molar-refractivity contribution in [3.63, 3.8) is 0 Å². The second kappa shape index (κ2) is 8.09. The average molecular weight is 433 g/mol. The Kier molecular flexibility index (Phi) is 5.65. The minimum Gasteiger partial charge on any atom is -0.379 e. The van der Waals surface area contributed by atoms with Crippen LogP contribution in [0.4, 0.5) is 10.1 Å². The van der Waals surface area contributed by atoms with E-state index in [-0.39, 0.29) is 17.1 Å². The zero-order valence-corrected chi connectivity index (χ0v) is 17.7. The van der Waals surface area contributed by atoms with Gasteiger partial charge in [-0.1, -0.05) is 12.1 Å². The van der Waals surface area contributed by atoms with E-state index in [1.54, 1.807) is 29.2 Å². The summed E-state index contributed by atoms with van der Waals surface area (Å²) < 4.78 is 42.4. The van der Waals surface area contributed by atoms with E-state index in [1.807, 2.05) is 12.1 Å². The number of hydrogen-bond acceptors (Lipinski definition) is 5. The van der Waals surface area contributed by atoms with Crippen LogP contribution in [-0.4, -0.2) is 58.3 Å². The number of benzene rings is 2. The quantitative estimate of drug-likeness (QED) is 0.743. The standard InChI is InChI=1S/C22H25FN2O4S/c1-30(27,28)20-8-2-17(3-9-20)13-24-10-11-29-16-22(14-24)12-21(26)25(15-22)19-6-4-18(23)5-7-19/h2-9H,10-16H2,1H3/t22-/m0/s1. The molecule has 2 heterocycles. The molecule has 6 nitrogen and oxygen atoms in total. The van der Waals surface area contributed by atoms with Crippen LogP contribution in [0.1, 0.15) is 12.0 Å². The molecule has 0 bridgehead atoms. The van der Waals surface area contributed by atoms with Gasteiger partial charge < -0.3 is 9.64 Å². The van der Waals surface area contributed by atoms with Crippen molar-refractivity contribution < 1.29 is 22.3 Å². The van der Waals surface area contributed by atoms with Gasteiger partial charge in [-0.2, -0.15) is 0 Å². The van der Waals surface area contributed by atoms with Gasteiger partial charge in [-0.25, -0.2) is 12.8 Å². The van der Waals surface area contributed by atoms with Gasteiger partial charge in [0.2, 0.25) is 5.91 Å². The van der Waals surface area contributed by atoms with Gasteiger partial charge in [0, 0.05) is 50.0 Å². The molecule has 2 aromatic carbocycles. The van der Waals surface area contributed by atoms with Crippen LogP contribution in [0.5, 0.6) is 0 Å². The first kappa shape index (κ1) is 21.0. The highest BCUT2D eigenvalue weighted by Crippen LogP contribution is 2.37. The van der Waals surface area contributed by atoms with Gasteiger partial charge in [0.25, 0.3) is 0 Å². The number of ether oxygens (including phenoxy) is 1. The molecule has 2 aromatic rings. The van der Waals surface area contributed by atoms with Gasteiger partial charge in [0.1, 0.15) is 5.82 Å². The number of nitrogens with zero attached hydrogens (tertiary/aromatic N) is 2. The first-order chi connectivity index (χ1) is 14.2. The number of carbonyl (C=O) groups is 1. The summed E-state index contributed by atoms with van der Waals surface area (Å²) in [6.45, 7) is 3.69. The van der Waals surface area contributed by atoms with Crippen LogP contribution < -0.4 is 4.90 Å². The highest BCUT2D eigenvalue weighted by atomic mass is 32.2. The van der Waals surface area contributed by atoms with E-state index < -0.39 is 9.84 Å². The van der Waals surface area contributed by atoms with E-state index >= 15 is 0 Å². The first-order valence-corrected chi connectivity index (χ1v) is 11.8. The summed E-state index contributed by atoms with van der Waals surface area (Å²) in [5, 5.41) is 0. The normalized spacial score (nSPS) is 23.1. The maximum absolute atomic E-state index is 13.3. The van der Waals surface area contributed by atoms with Crippen LogP contribution in [0.3, 0.4) is 0 Å². The maximum atomic E-state index is 13.3. The minimum absolute atomic E-state index is 0.0181. The van der Waals surface area contributed by atoms with Gasteiger partial charge in [-0.05, 0) is 42.0 Å². The predicted molar refractivity (Wildman–Crippen MR) is 111 cm³/mol. The average Bonchev–Trinajstić information content (AvgIpc) is 2.88. The molecule has 160 valence electrons. The Balaban J connectivity index is 1.49. The summed E-state index contributed by atoms with van der Waals surface area (Å²) in [4.78, 5) is 17.0. The SMILES string of the molecule is CS(=O)(=O)c1ccc(CN2CCOC[C@@]3(CC(=O)N(c4ccc(F)cc4)C3)C2)cc1. The highest BCUT2D eigenvalue weighted by molar-refractivity contribution is 7.90. The number of amides is 1. The zero-order valence-electron chi connectivity index (χ0n) is 16.9. The van der Waals surface area contributed by atoms with Gasteiger partial charge in [-0.15, -0.1) is 0 Å². The fourth-order valence-electron chi connectivity index (χ4n) is 4.27. The molecule has 0 aliphatic carbocycles. The van der Waals surface area contributed by atoms with E-state index in [4.69, 9.17) is 4.74 Å². The fraction of sp³-hybridized carbons (Fsp3) is 0.409. The van der Waals surface area contributed by atoms with Crippen molar-refractivity contribution in [1.29, 1.82) is 0 Å². The number of hydrogen-bond donors (Lipinski definition) is 0. The van der Waals surface area contributed by atoms with Gasteiger partial charge >= 0.3 is 0 Å². The summed E-state index contributed by atoms with van der Waals surface area (Å²) in [5.41, 5.74) is 1.39. The Morgan fingerprint density at radius 2 is 1.77 bits per heavy atom. The number of halogens is 1. The first-order valence-electron chi connectivity index (χ1n) is 9.89. The van der Waals surface area contributed by atoms with Crippen molar-refractivity contribution in [1.82, 2.24) is 4.90 Å². The van der Waals surface area contributed by atoms with Crippen molar-refractivity contribution in [2.75, 3.05) is 44.0 Å². The number of sulfone groups is 1. The monoisotopic (exact) mass is 432 g/mol. The van der Waals surface area contributed by atoms with E-state index in [1.165, 1.54) is 18.4 Å². The number of rotatable bonds is 4. The Morgan fingerprint density at radius 1 is 1.07 bits per heavy atom. The van der Waals surface area contributed by atoms with Gasteiger partial charge in [-0.3, -0.25) is 9.69 Å². The Bertz CT molecular complexity index is 1020. The van der Waals surface area contributed by atoms with Crippen LogP contribution in [0, 0.1) is 11.2 Å². The predicted octanol–water partition coefficient (Wildman–Crippen LogP) is 2.48. The molecule has 8 heteroatoms. The molecule has 0 radical (unpaired) electrons. The second-order valence-electron chi connectivity index (χ2n) is 8.31. The highest BCUT2D eigenvalue weighted by Gasteiger charge is 2.46. The van der Waals surface area contributed by atoms with Crippen molar-refractivity contribution >= 4 is 21.4 Å². The topological polar surface area (TPSA) is 66.9 Å². The zero-order chi connectivity index (χ0) is 21.4. The smallest absolute Gasteiger partial charge is 0.227 e. The Hall–Kier alpha value is -2.29. The molecule has 1 spiro atoms. The summed E-state index contributed by atoms with van der Waals surface area (Å²) in [6.07, 6.45) is 1.58. The molecule has 0 N–H and O–H groups in total. The van der Waals surface area contributed by atoms with E-state index in [9.17, 15) is 17.6 Å². The Morgan fingerprint density at radius 3 is 2.43 bits per heavy atom.